The van der Waals surface area contributed by atoms with Crippen LogP contribution in [0.1, 0.15) is 65.9 Å². The van der Waals surface area contributed by atoms with Crippen molar-refractivity contribution in [1.82, 2.24) is 10.3 Å². The summed E-state index contributed by atoms with van der Waals surface area (Å²) in [5.41, 5.74) is -0.282. The van der Waals surface area contributed by atoms with E-state index in [-0.39, 0.29) is 41.9 Å². The average Bonchev–Trinajstić information content (AvgIpc) is 3.63. The molecule has 1 fully saturated rings. The van der Waals surface area contributed by atoms with Gasteiger partial charge in [-0.05, 0) is 54.9 Å². The van der Waals surface area contributed by atoms with Crippen LogP contribution in [0.15, 0.2) is 45.6 Å². The molecule has 2 aliphatic rings. The lowest BCUT2D eigenvalue weighted by Crippen LogP contribution is -2.57. The number of hydrogen-bond donors (Lipinski definition) is 4. The summed E-state index contributed by atoms with van der Waals surface area (Å²) in [6.07, 6.45) is 4.42. The summed E-state index contributed by atoms with van der Waals surface area (Å²) in [5, 5.41) is 27.5. The fourth-order valence-electron chi connectivity index (χ4n) is 6.12. The van der Waals surface area contributed by atoms with Gasteiger partial charge in [0, 0.05) is 22.6 Å². The maximum atomic E-state index is 13.1. The molecule has 0 aliphatic heterocycles. The lowest BCUT2D eigenvalue weighted by molar-refractivity contribution is -0.144. The highest BCUT2D eigenvalue weighted by Crippen LogP contribution is 2.62. The topological polar surface area (TPSA) is 138 Å². The number of nitrogens with zero attached hydrogens (tertiary/aromatic N) is 1. The first-order valence-electron chi connectivity index (χ1n) is 12.2. The summed E-state index contributed by atoms with van der Waals surface area (Å²) in [7, 11) is 0. The number of furan rings is 2. The lowest BCUT2D eigenvalue weighted by atomic mass is 9.47. The number of anilines is 1. The zero-order chi connectivity index (χ0) is 25.5. The minimum absolute atomic E-state index is 0.0665. The van der Waals surface area contributed by atoms with Gasteiger partial charge in [-0.25, -0.2) is 4.98 Å². The Kier molecular flexibility index (Phi) is 6.52. The van der Waals surface area contributed by atoms with E-state index >= 15 is 0 Å². The number of thiazole rings is 1. The van der Waals surface area contributed by atoms with E-state index in [2.05, 4.69) is 17.6 Å². The maximum Gasteiger partial charge on any atom is 0.293 e. The monoisotopic (exact) mass is 513 g/mol. The van der Waals surface area contributed by atoms with E-state index in [1.54, 1.807) is 30.5 Å². The summed E-state index contributed by atoms with van der Waals surface area (Å²) in [6.45, 7) is 4.22. The van der Waals surface area contributed by atoms with Crippen molar-refractivity contribution in [2.45, 2.75) is 58.1 Å². The van der Waals surface area contributed by atoms with E-state index in [9.17, 15) is 19.8 Å². The van der Waals surface area contributed by atoms with Crippen LogP contribution in [0.4, 0.5) is 5.13 Å². The fourth-order valence-corrected chi connectivity index (χ4v) is 7.19. The average molecular weight is 514 g/mol. The predicted molar refractivity (Wildman–Crippen MR) is 132 cm³/mol. The minimum Gasteiger partial charge on any atom is -0.467 e. The van der Waals surface area contributed by atoms with Crippen molar-refractivity contribution >= 4 is 28.3 Å². The van der Waals surface area contributed by atoms with Crippen LogP contribution in [-0.4, -0.2) is 39.7 Å². The van der Waals surface area contributed by atoms with E-state index in [4.69, 9.17) is 13.8 Å². The highest BCUT2D eigenvalue weighted by molar-refractivity contribution is 7.15. The second-order valence-corrected chi connectivity index (χ2v) is 11.4. The van der Waals surface area contributed by atoms with Crippen molar-refractivity contribution in [3.8, 4) is 0 Å². The van der Waals surface area contributed by atoms with Crippen LogP contribution in [0.3, 0.4) is 0 Å². The molecular weight excluding hydrogens is 482 g/mol. The van der Waals surface area contributed by atoms with Crippen molar-refractivity contribution in [1.29, 1.82) is 0 Å². The van der Waals surface area contributed by atoms with Gasteiger partial charge in [0.1, 0.15) is 5.76 Å². The molecule has 5 atom stereocenters. The number of carbonyl (C=O) groups excluding carboxylic acids is 2. The zero-order valence-corrected chi connectivity index (χ0v) is 21.1. The molecule has 10 heteroatoms. The van der Waals surface area contributed by atoms with Crippen LogP contribution in [0.5, 0.6) is 0 Å². The number of carbonyl (C=O) groups is 2. The molecule has 5 rings (SSSR count). The summed E-state index contributed by atoms with van der Waals surface area (Å²) >= 11 is 1.38. The smallest absolute Gasteiger partial charge is 0.293 e. The van der Waals surface area contributed by atoms with Crippen molar-refractivity contribution in [2.75, 3.05) is 11.9 Å². The Labute approximate surface area is 212 Å². The third kappa shape index (κ3) is 4.27. The second-order valence-electron chi connectivity index (χ2n) is 10.4. The number of rotatable bonds is 7. The molecule has 4 N–H and O–H groups in total. The van der Waals surface area contributed by atoms with Gasteiger partial charge in [0.15, 0.2) is 10.9 Å². The molecule has 0 spiro atoms. The number of hydrogen-bond acceptors (Lipinski definition) is 8. The van der Waals surface area contributed by atoms with Gasteiger partial charge in [-0.2, -0.15) is 0 Å². The molecule has 36 heavy (non-hydrogen) atoms. The summed E-state index contributed by atoms with van der Waals surface area (Å²) in [6, 6.07) is 6.81. The third-order valence-corrected chi connectivity index (χ3v) is 9.30. The molecule has 0 saturated heterocycles. The van der Waals surface area contributed by atoms with Gasteiger partial charge < -0.3 is 24.4 Å². The van der Waals surface area contributed by atoms with Gasteiger partial charge in [-0.3, -0.25) is 14.9 Å². The molecule has 5 unspecified atom stereocenters. The van der Waals surface area contributed by atoms with Gasteiger partial charge >= 0.3 is 0 Å². The number of aromatic nitrogens is 1. The molecular formula is C26H31N3O6S. The molecule has 3 heterocycles. The van der Waals surface area contributed by atoms with Crippen LogP contribution in [0.2, 0.25) is 0 Å². The predicted octanol–water partition coefficient (Wildman–Crippen LogP) is 3.70. The molecule has 0 aromatic carbocycles. The van der Waals surface area contributed by atoms with E-state index in [1.807, 2.05) is 6.92 Å². The SMILES string of the molecule is CC1(CO)C(O)CCC2(C)C(CC(=O)NCc3ccco3)c3nc(NC(=O)c4ccco4)sc3CC12. The van der Waals surface area contributed by atoms with Crippen molar-refractivity contribution in [2.24, 2.45) is 16.7 Å². The number of fused-ring (bicyclic) bond motifs is 2. The number of nitrogens with one attached hydrogen (secondary N) is 2. The highest BCUT2D eigenvalue weighted by atomic mass is 32.1. The van der Waals surface area contributed by atoms with Crippen molar-refractivity contribution in [3.63, 3.8) is 0 Å². The molecule has 1 saturated carbocycles. The molecule has 3 aromatic rings. The Bertz CT molecular complexity index is 1220. The van der Waals surface area contributed by atoms with Gasteiger partial charge in [0.05, 0.1) is 37.5 Å². The normalized spacial score (nSPS) is 29.3. The van der Waals surface area contributed by atoms with E-state index in [1.165, 1.54) is 17.6 Å². The van der Waals surface area contributed by atoms with Gasteiger partial charge in [-0.1, -0.05) is 13.8 Å². The molecule has 2 amide bonds. The summed E-state index contributed by atoms with van der Waals surface area (Å²) in [5.74, 6) is 0.0267. The second kappa shape index (κ2) is 9.49. The number of aliphatic hydroxyl groups is 2. The fraction of sp³-hybridized carbons (Fsp3) is 0.500. The molecule has 0 radical (unpaired) electrons. The van der Waals surface area contributed by atoms with Crippen molar-refractivity contribution in [3.05, 3.63) is 58.9 Å². The van der Waals surface area contributed by atoms with Crippen LogP contribution in [0, 0.1) is 16.7 Å². The summed E-state index contributed by atoms with van der Waals surface area (Å²) < 4.78 is 10.5. The summed E-state index contributed by atoms with van der Waals surface area (Å²) in [4.78, 5) is 31.4. The first kappa shape index (κ1) is 24.7. The van der Waals surface area contributed by atoms with Crippen LogP contribution in [0.25, 0.3) is 0 Å². The lowest BCUT2D eigenvalue weighted by Gasteiger charge is -2.58. The molecule has 192 valence electrons. The van der Waals surface area contributed by atoms with Crippen molar-refractivity contribution < 1.29 is 28.6 Å². The molecule has 3 aromatic heterocycles. The van der Waals surface area contributed by atoms with Gasteiger partial charge in [0.2, 0.25) is 5.91 Å². The molecule has 2 aliphatic carbocycles. The first-order valence-corrected chi connectivity index (χ1v) is 13.0. The quantitative estimate of drug-likeness (QED) is 0.378. The maximum absolute atomic E-state index is 13.1. The van der Waals surface area contributed by atoms with E-state index in [0.29, 0.717) is 36.7 Å². The number of amides is 2. The van der Waals surface area contributed by atoms with E-state index in [0.717, 1.165) is 10.6 Å². The Balaban J connectivity index is 1.46. The molecule has 0 bridgehead atoms. The Hall–Kier alpha value is -2.95. The van der Waals surface area contributed by atoms with Gasteiger partial charge in [0.25, 0.3) is 5.91 Å². The number of aliphatic hydroxyl groups excluding tert-OH is 2. The van der Waals surface area contributed by atoms with Crippen LogP contribution >= 0.6 is 11.3 Å². The zero-order valence-electron chi connectivity index (χ0n) is 20.3. The van der Waals surface area contributed by atoms with Crippen LogP contribution < -0.4 is 10.6 Å². The third-order valence-electron chi connectivity index (χ3n) is 8.29. The highest BCUT2D eigenvalue weighted by Gasteiger charge is 2.59. The Morgan fingerprint density at radius 1 is 1.22 bits per heavy atom. The minimum atomic E-state index is -0.713. The molecule has 9 nitrogen and oxygen atoms in total. The van der Waals surface area contributed by atoms with E-state index < -0.39 is 17.4 Å². The first-order chi connectivity index (χ1) is 17.2. The van der Waals surface area contributed by atoms with Crippen LogP contribution in [-0.2, 0) is 17.8 Å². The largest absolute Gasteiger partial charge is 0.467 e. The van der Waals surface area contributed by atoms with Gasteiger partial charge in [-0.15, -0.1) is 11.3 Å². The standard InChI is InChI=1S/C26H31N3O6S/c1-25-8-7-20(31)26(2,14-30)19(25)12-18-22(16(25)11-21(32)27-13-15-5-3-9-34-15)28-24(36-18)29-23(33)17-6-4-10-35-17/h3-6,9-10,16,19-20,30-31H,7-8,11-14H2,1-2H3,(H,27,32)(H,28,29,33). The Morgan fingerprint density at radius 2 is 2.00 bits per heavy atom. The Morgan fingerprint density at radius 3 is 2.69 bits per heavy atom.